The van der Waals surface area contributed by atoms with Gasteiger partial charge in [0.2, 0.25) is 0 Å². The Morgan fingerprint density at radius 2 is 0.532 bits per heavy atom. The highest BCUT2D eigenvalue weighted by Crippen LogP contribution is 2.15. The second-order valence-electron chi connectivity index (χ2n) is 20.6. The fourth-order valence-corrected chi connectivity index (χ4v) is 8.36. The van der Waals surface area contributed by atoms with Gasteiger partial charge in [-0.05, 0) is 109 Å². The summed E-state index contributed by atoms with van der Waals surface area (Å²) >= 11 is 0. The van der Waals surface area contributed by atoms with Crippen LogP contribution in [-0.4, -0.2) is 37.2 Å². The average Bonchev–Trinajstić information content (AvgIpc) is 3.45. The lowest BCUT2D eigenvalue weighted by atomic mass is 10.0. The van der Waals surface area contributed by atoms with Gasteiger partial charge in [-0.25, -0.2) is 0 Å². The molecule has 0 N–H and O–H groups in total. The Kier molecular flexibility index (Phi) is 61.4. The molecule has 0 spiro atoms. The largest absolute Gasteiger partial charge is 0.462 e. The van der Waals surface area contributed by atoms with Crippen molar-refractivity contribution >= 4 is 17.9 Å². The molecule has 0 aromatic heterocycles. The molecule has 0 heterocycles. The van der Waals surface area contributed by atoms with Crippen LogP contribution in [0.5, 0.6) is 0 Å². The van der Waals surface area contributed by atoms with Crippen molar-refractivity contribution in [1.29, 1.82) is 0 Å². The van der Waals surface area contributed by atoms with Crippen molar-refractivity contribution in [3.63, 3.8) is 0 Å². The molecule has 1 atom stereocenters. The van der Waals surface area contributed by atoms with Crippen molar-refractivity contribution < 1.29 is 28.6 Å². The van der Waals surface area contributed by atoms with E-state index in [-0.39, 0.29) is 31.6 Å². The number of carbonyl (C=O) groups excluding carboxylic acids is 3. The van der Waals surface area contributed by atoms with Gasteiger partial charge in [-0.15, -0.1) is 0 Å². The molecule has 0 saturated carbocycles. The monoisotopic (exact) mass is 1090 g/mol. The fraction of sp³-hybridized carbons (Fsp3) is 0.603. The summed E-state index contributed by atoms with van der Waals surface area (Å²) in [5.41, 5.74) is 0. The molecule has 0 amide bonds. The highest BCUT2D eigenvalue weighted by Gasteiger charge is 2.19. The van der Waals surface area contributed by atoms with Crippen LogP contribution in [0.15, 0.2) is 158 Å². The second-order valence-corrected chi connectivity index (χ2v) is 20.6. The van der Waals surface area contributed by atoms with Crippen molar-refractivity contribution in [2.24, 2.45) is 0 Å². The summed E-state index contributed by atoms with van der Waals surface area (Å²) in [5.74, 6) is -1.06. The maximum atomic E-state index is 12.8. The van der Waals surface area contributed by atoms with E-state index in [2.05, 4.69) is 167 Å². The minimum Gasteiger partial charge on any atom is -0.462 e. The third kappa shape index (κ3) is 63.7. The van der Waals surface area contributed by atoms with Crippen molar-refractivity contribution in [2.75, 3.05) is 13.2 Å². The molecular formula is C73H116O6. The van der Waals surface area contributed by atoms with E-state index in [1.807, 2.05) is 6.08 Å². The molecule has 0 aliphatic rings. The predicted molar refractivity (Wildman–Crippen MR) is 343 cm³/mol. The number of ether oxygens (including phenoxy) is 3. The second kappa shape index (κ2) is 65.5. The first-order valence-corrected chi connectivity index (χ1v) is 32.0. The zero-order chi connectivity index (χ0) is 57.1. The maximum absolute atomic E-state index is 12.8. The van der Waals surface area contributed by atoms with Crippen LogP contribution in [0.25, 0.3) is 0 Å². The molecular weight excluding hydrogens is 973 g/mol. The topological polar surface area (TPSA) is 78.9 Å². The first-order chi connectivity index (χ1) is 39.0. The number of hydrogen-bond donors (Lipinski definition) is 0. The van der Waals surface area contributed by atoms with Gasteiger partial charge in [-0.1, -0.05) is 294 Å². The fourth-order valence-electron chi connectivity index (χ4n) is 8.36. The van der Waals surface area contributed by atoms with Gasteiger partial charge < -0.3 is 14.2 Å². The quantitative estimate of drug-likeness (QED) is 0.0261. The Morgan fingerprint density at radius 1 is 0.278 bits per heavy atom. The van der Waals surface area contributed by atoms with E-state index in [1.54, 1.807) is 6.08 Å². The molecule has 6 nitrogen and oxygen atoms in total. The van der Waals surface area contributed by atoms with Crippen LogP contribution in [0.3, 0.4) is 0 Å². The number of carbonyl (C=O) groups is 3. The molecule has 0 saturated heterocycles. The van der Waals surface area contributed by atoms with Crippen molar-refractivity contribution in [3.8, 4) is 0 Å². The van der Waals surface area contributed by atoms with Gasteiger partial charge in [0.1, 0.15) is 13.2 Å². The van der Waals surface area contributed by atoms with Gasteiger partial charge in [-0.3, -0.25) is 14.4 Å². The minimum absolute atomic E-state index is 0.0903. The normalized spacial score (nSPS) is 13.2. The Hall–Kier alpha value is -4.97. The lowest BCUT2D eigenvalue weighted by Gasteiger charge is -2.18. The SMILES string of the molecule is CC/C=C\C/C=C\C/C=C\C/C=C\C/C=C\C/C=C\C/C=C\C/C=C\CCCCCCCCCCC(=O)OCC(COC(=O)CCCCCCCCCCCCCCC)OC(=O)C/C=C\C/C=C\C/C=C\C/C=C\C/C=C\CC. The molecule has 444 valence electrons. The van der Waals surface area contributed by atoms with E-state index in [0.717, 1.165) is 122 Å². The van der Waals surface area contributed by atoms with E-state index >= 15 is 0 Å². The van der Waals surface area contributed by atoms with Crippen LogP contribution < -0.4 is 0 Å². The van der Waals surface area contributed by atoms with Crippen LogP contribution in [0, 0.1) is 0 Å². The molecule has 0 bridgehead atoms. The van der Waals surface area contributed by atoms with Gasteiger partial charge in [0.25, 0.3) is 0 Å². The van der Waals surface area contributed by atoms with Gasteiger partial charge in [0, 0.05) is 12.8 Å². The lowest BCUT2D eigenvalue weighted by molar-refractivity contribution is -0.166. The predicted octanol–water partition coefficient (Wildman–Crippen LogP) is 22.1. The number of unbranched alkanes of at least 4 members (excludes halogenated alkanes) is 20. The molecule has 0 aromatic rings. The zero-order valence-corrected chi connectivity index (χ0v) is 50.8. The summed E-state index contributed by atoms with van der Waals surface area (Å²) in [6, 6.07) is 0. The number of esters is 3. The molecule has 0 aliphatic carbocycles. The van der Waals surface area contributed by atoms with Crippen LogP contribution in [0.4, 0.5) is 0 Å². The third-order valence-electron chi connectivity index (χ3n) is 13.1. The van der Waals surface area contributed by atoms with Crippen molar-refractivity contribution in [3.05, 3.63) is 158 Å². The Bertz CT molecular complexity index is 1780. The minimum atomic E-state index is -0.841. The Morgan fingerprint density at radius 3 is 0.835 bits per heavy atom. The number of hydrogen-bond acceptors (Lipinski definition) is 6. The molecule has 79 heavy (non-hydrogen) atoms. The lowest BCUT2D eigenvalue weighted by Crippen LogP contribution is -2.30. The first kappa shape index (κ1) is 74.0. The van der Waals surface area contributed by atoms with E-state index in [9.17, 15) is 14.4 Å². The molecule has 0 radical (unpaired) electrons. The summed E-state index contributed by atoms with van der Waals surface area (Å²) in [7, 11) is 0. The summed E-state index contributed by atoms with van der Waals surface area (Å²) in [5, 5.41) is 0. The summed E-state index contributed by atoms with van der Waals surface area (Å²) in [6.45, 7) is 6.32. The van der Waals surface area contributed by atoms with E-state index in [1.165, 1.54) is 96.3 Å². The molecule has 1 unspecified atom stereocenters. The van der Waals surface area contributed by atoms with E-state index in [0.29, 0.717) is 19.3 Å². The molecule has 6 heteroatoms. The zero-order valence-electron chi connectivity index (χ0n) is 50.8. The van der Waals surface area contributed by atoms with Crippen LogP contribution in [-0.2, 0) is 28.6 Å². The third-order valence-corrected chi connectivity index (χ3v) is 13.1. The standard InChI is InChI=1S/C73H116O6/c1-4-7-10-13-16-19-22-25-27-28-29-30-31-32-33-34-35-36-37-38-39-40-41-42-43-44-46-48-51-54-57-60-63-66-72(75)78-69-70(68-77-71(74)65-62-59-56-53-50-47-24-21-18-15-12-9-6-3)79-73(76)67-64-61-58-55-52-49-45-26-23-20-17-14-11-8-5-2/h7-8,10-11,16-17,19-20,25-27,29-30,32-33,35-36,38-39,41-42,45,52,55,61,64,70H,4-6,9,12-15,18,21-24,28,31,34,37,40,43-44,46-51,53-54,56-60,62-63,65-69H2,1-3H3/b10-7-,11-8-,19-16-,20-17-,27-25-,30-29-,33-32-,36-35-,39-38-,42-41-,45-26-,55-52-,64-61-. The first-order valence-electron chi connectivity index (χ1n) is 32.0. The van der Waals surface area contributed by atoms with Crippen molar-refractivity contribution in [1.82, 2.24) is 0 Å². The highest BCUT2D eigenvalue weighted by atomic mass is 16.6. The van der Waals surface area contributed by atoms with Crippen LogP contribution >= 0.6 is 0 Å². The van der Waals surface area contributed by atoms with E-state index in [4.69, 9.17) is 14.2 Å². The molecule has 0 fully saturated rings. The van der Waals surface area contributed by atoms with Crippen LogP contribution in [0.2, 0.25) is 0 Å². The Labute approximate surface area is 486 Å². The molecule has 0 aromatic carbocycles. The number of allylic oxidation sites excluding steroid dienone is 25. The summed E-state index contributed by atoms with van der Waals surface area (Å²) in [6.07, 6.45) is 95.6. The summed E-state index contributed by atoms with van der Waals surface area (Å²) < 4.78 is 16.8. The Balaban J connectivity index is 4.34. The van der Waals surface area contributed by atoms with E-state index < -0.39 is 12.1 Å². The average molecular weight is 1090 g/mol. The van der Waals surface area contributed by atoms with Gasteiger partial charge in [0.15, 0.2) is 6.10 Å². The smallest absolute Gasteiger partial charge is 0.310 e. The maximum Gasteiger partial charge on any atom is 0.310 e. The molecule has 0 aliphatic heterocycles. The molecule has 0 rings (SSSR count). The van der Waals surface area contributed by atoms with Gasteiger partial charge in [-0.2, -0.15) is 0 Å². The highest BCUT2D eigenvalue weighted by molar-refractivity contribution is 5.72. The number of rotatable bonds is 56. The van der Waals surface area contributed by atoms with Gasteiger partial charge in [0.05, 0.1) is 6.42 Å². The summed E-state index contributed by atoms with van der Waals surface area (Å²) in [4.78, 5) is 38.2. The van der Waals surface area contributed by atoms with Gasteiger partial charge >= 0.3 is 17.9 Å². The van der Waals surface area contributed by atoms with Crippen molar-refractivity contribution in [2.45, 2.75) is 271 Å². The van der Waals surface area contributed by atoms with Crippen LogP contribution in [0.1, 0.15) is 265 Å².